The zero-order valence-electron chi connectivity index (χ0n) is 9.47. The highest BCUT2D eigenvalue weighted by Crippen LogP contribution is 2.13. The number of alkyl halides is 2. The van der Waals surface area contributed by atoms with Gasteiger partial charge in [-0.2, -0.15) is 0 Å². The Balaban J connectivity index is 3.74. The molecule has 90 valence electrons. The van der Waals surface area contributed by atoms with Gasteiger partial charge in [-0.25, -0.2) is 0 Å². The molecule has 0 rings (SSSR count). The summed E-state index contributed by atoms with van der Waals surface area (Å²) in [4.78, 5) is 11.2. The summed E-state index contributed by atoms with van der Waals surface area (Å²) in [5.41, 5.74) is 0. The Morgan fingerprint density at radius 3 is 2.53 bits per heavy atom. The van der Waals surface area contributed by atoms with Crippen LogP contribution < -0.4 is 0 Å². The van der Waals surface area contributed by atoms with Crippen molar-refractivity contribution in [1.82, 2.24) is 0 Å². The summed E-state index contributed by atoms with van der Waals surface area (Å²) in [6.45, 7) is 4.73. The molecule has 0 fully saturated rings. The quantitative estimate of drug-likeness (QED) is 0.489. The monoisotopic (exact) mass is 254 g/mol. The number of hydrogen-bond donors (Lipinski definition) is 0. The number of unbranched alkanes of at least 4 members (excludes halogenated alkanes) is 1. The van der Waals surface area contributed by atoms with Crippen molar-refractivity contribution in [1.29, 1.82) is 0 Å². The fourth-order valence-electron chi connectivity index (χ4n) is 1.25. The molecule has 0 spiro atoms. The van der Waals surface area contributed by atoms with Gasteiger partial charge in [0.25, 0.3) is 0 Å². The minimum atomic E-state index is -0.713. The van der Waals surface area contributed by atoms with Gasteiger partial charge in [0.2, 0.25) is 0 Å². The Bertz CT molecular complexity index is 174. The summed E-state index contributed by atoms with van der Waals surface area (Å²) in [5, 5.41) is -0.713. The van der Waals surface area contributed by atoms with Crippen LogP contribution in [-0.4, -0.2) is 23.8 Å². The summed E-state index contributed by atoms with van der Waals surface area (Å²) in [7, 11) is 0. The molecule has 0 aromatic heterocycles. The lowest BCUT2D eigenvalue weighted by atomic mass is 10.0. The summed E-state index contributed by atoms with van der Waals surface area (Å²) in [6, 6.07) is 0. The van der Waals surface area contributed by atoms with Crippen molar-refractivity contribution >= 4 is 29.2 Å². The molecule has 0 aliphatic heterocycles. The van der Waals surface area contributed by atoms with Crippen LogP contribution in [0.15, 0.2) is 0 Å². The van der Waals surface area contributed by atoms with E-state index in [1.807, 2.05) is 0 Å². The molecule has 0 aromatic carbocycles. The second-order valence-corrected chi connectivity index (χ2v) is 4.50. The zero-order valence-corrected chi connectivity index (χ0v) is 11.0. The van der Waals surface area contributed by atoms with Crippen LogP contribution >= 0.6 is 23.2 Å². The first-order valence-electron chi connectivity index (χ1n) is 5.52. The maximum absolute atomic E-state index is 11.2. The van der Waals surface area contributed by atoms with Crippen LogP contribution in [0.3, 0.4) is 0 Å². The van der Waals surface area contributed by atoms with Gasteiger partial charge < -0.3 is 4.74 Å². The van der Waals surface area contributed by atoms with E-state index in [2.05, 4.69) is 13.8 Å². The van der Waals surface area contributed by atoms with Crippen LogP contribution in [0.4, 0.5) is 0 Å². The predicted octanol–water partition coefficient (Wildman–Crippen LogP) is 3.59. The molecule has 0 aliphatic rings. The number of hydrogen-bond acceptors (Lipinski definition) is 2. The largest absolute Gasteiger partial charge is 0.464 e. The molecule has 15 heavy (non-hydrogen) atoms. The van der Waals surface area contributed by atoms with E-state index < -0.39 is 11.3 Å². The smallest absolute Gasteiger partial charge is 0.325 e. The van der Waals surface area contributed by atoms with Crippen LogP contribution in [-0.2, 0) is 9.53 Å². The van der Waals surface area contributed by atoms with Crippen molar-refractivity contribution in [3.05, 3.63) is 0 Å². The van der Waals surface area contributed by atoms with E-state index in [0.717, 1.165) is 12.8 Å². The van der Waals surface area contributed by atoms with Gasteiger partial charge in [0.05, 0.1) is 6.61 Å². The lowest BCUT2D eigenvalue weighted by molar-refractivity contribution is -0.144. The summed E-state index contributed by atoms with van der Waals surface area (Å²) in [6.07, 6.45) is 4.48. The molecule has 2 nitrogen and oxygen atoms in total. The number of rotatable bonds is 8. The molecule has 0 N–H and O–H groups in total. The third-order valence-corrected chi connectivity index (χ3v) is 3.19. The molecular formula is C11H20Cl2O2. The standard InChI is InChI=1S/C11H20Cl2O2/c1-3-5-6-9(4-2)8-15-11(14)10(13)7-12/h9-10H,3-8H2,1-2H3. The van der Waals surface area contributed by atoms with Crippen molar-refractivity contribution in [2.24, 2.45) is 5.92 Å². The SMILES string of the molecule is CCCCC(CC)COC(=O)C(Cl)CCl. The maximum atomic E-state index is 11.2. The number of esters is 1. The van der Waals surface area contributed by atoms with Gasteiger partial charge in [-0.3, -0.25) is 4.79 Å². The lowest BCUT2D eigenvalue weighted by Gasteiger charge is -2.15. The predicted molar refractivity (Wildman–Crippen MR) is 64.6 cm³/mol. The molecule has 0 saturated carbocycles. The van der Waals surface area contributed by atoms with Gasteiger partial charge >= 0.3 is 5.97 Å². The highest BCUT2D eigenvalue weighted by Gasteiger charge is 2.17. The first-order valence-corrected chi connectivity index (χ1v) is 6.49. The molecule has 0 amide bonds. The minimum absolute atomic E-state index is 0.103. The molecule has 0 aliphatic carbocycles. The van der Waals surface area contributed by atoms with E-state index in [1.165, 1.54) is 12.8 Å². The highest BCUT2D eigenvalue weighted by atomic mass is 35.5. The normalized spacial score (nSPS) is 14.7. The number of ether oxygens (including phenoxy) is 1. The van der Waals surface area contributed by atoms with Crippen molar-refractivity contribution in [3.63, 3.8) is 0 Å². The number of carbonyl (C=O) groups is 1. The van der Waals surface area contributed by atoms with Gasteiger partial charge in [-0.15, -0.1) is 23.2 Å². The fraction of sp³-hybridized carbons (Fsp3) is 0.909. The molecule has 2 atom stereocenters. The average Bonchev–Trinajstić information content (AvgIpc) is 2.27. The van der Waals surface area contributed by atoms with Crippen molar-refractivity contribution in [2.45, 2.75) is 44.9 Å². The zero-order chi connectivity index (χ0) is 11.7. The molecule has 0 heterocycles. The van der Waals surface area contributed by atoms with Gasteiger partial charge in [-0.1, -0.05) is 33.1 Å². The third kappa shape index (κ3) is 7.02. The average molecular weight is 255 g/mol. The van der Waals surface area contributed by atoms with Gasteiger partial charge in [0.15, 0.2) is 0 Å². The molecule has 0 radical (unpaired) electrons. The highest BCUT2D eigenvalue weighted by molar-refractivity contribution is 6.35. The van der Waals surface area contributed by atoms with E-state index >= 15 is 0 Å². The summed E-state index contributed by atoms with van der Waals surface area (Å²) in [5.74, 6) is 0.154. The first kappa shape index (κ1) is 15.0. The van der Waals surface area contributed by atoms with Crippen LogP contribution in [0, 0.1) is 5.92 Å². The lowest BCUT2D eigenvalue weighted by Crippen LogP contribution is -2.22. The topological polar surface area (TPSA) is 26.3 Å². The molecule has 2 unspecified atom stereocenters. The van der Waals surface area contributed by atoms with E-state index in [4.69, 9.17) is 27.9 Å². The summed E-state index contributed by atoms with van der Waals surface area (Å²) < 4.78 is 5.09. The molecule has 0 aromatic rings. The van der Waals surface area contributed by atoms with Gasteiger partial charge in [-0.05, 0) is 12.3 Å². The van der Waals surface area contributed by atoms with Crippen molar-refractivity contribution in [3.8, 4) is 0 Å². The third-order valence-electron chi connectivity index (χ3n) is 2.40. The second-order valence-electron chi connectivity index (χ2n) is 3.67. The fourth-order valence-corrected chi connectivity index (χ4v) is 1.44. The maximum Gasteiger partial charge on any atom is 0.325 e. The molecule has 0 bridgehead atoms. The molecular weight excluding hydrogens is 235 g/mol. The van der Waals surface area contributed by atoms with Crippen molar-refractivity contribution in [2.75, 3.05) is 12.5 Å². The Morgan fingerprint density at radius 1 is 1.40 bits per heavy atom. The Kier molecular flexibility index (Phi) is 9.32. The number of carbonyl (C=O) groups excluding carboxylic acids is 1. The minimum Gasteiger partial charge on any atom is -0.464 e. The molecule has 0 saturated heterocycles. The van der Waals surface area contributed by atoms with Crippen molar-refractivity contribution < 1.29 is 9.53 Å². The van der Waals surface area contributed by atoms with E-state index in [1.54, 1.807) is 0 Å². The number of halogens is 2. The second kappa shape index (κ2) is 9.29. The van der Waals surface area contributed by atoms with Gasteiger partial charge in [0.1, 0.15) is 5.38 Å². The van der Waals surface area contributed by atoms with E-state index in [-0.39, 0.29) is 5.88 Å². The van der Waals surface area contributed by atoms with Crippen LogP contribution in [0.5, 0.6) is 0 Å². The van der Waals surface area contributed by atoms with E-state index in [0.29, 0.717) is 12.5 Å². The Hall–Kier alpha value is 0.0500. The summed E-state index contributed by atoms with van der Waals surface area (Å²) >= 11 is 11.1. The Labute approximate surface area is 102 Å². The first-order chi connectivity index (χ1) is 7.15. The van der Waals surface area contributed by atoms with Crippen LogP contribution in [0.2, 0.25) is 0 Å². The van der Waals surface area contributed by atoms with Gasteiger partial charge in [0, 0.05) is 5.88 Å². The van der Waals surface area contributed by atoms with Crippen LogP contribution in [0.25, 0.3) is 0 Å². The van der Waals surface area contributed by atoms with Crippen LogP contribution in [0.1, 0.15) is 39.5 Å². The van der Waals surface area contributed by atoms with E-state index in [9.17, 15) is 4.79 Å². The molecule has 4 heteroatoms. The Morgan fingerprint density at radius 2 is 2.07 bits per heavy atom.